The summed E-state index contributed by atoms with van der Waals surface area (Å²) in [6, 6.07) is 18.1. The van der Waals surface area contributed by atoms with Gasteiger partial charge in [0, 0.05) is 30.6 Å². The van der Waals surface area contributed by atoms with Crippen LogP contribution in [0.4, 0.5) is 0 Å². The Morgan fingerprint density at radius 3 is 2.66 bits per heavy atom. The fraction of sp³-hybridized carbons (Fsp3) is 0.261. The van der Waals surface area contributed by atoms with Crippen molar-refractivity contribution in [3.8, 4) is 6.07 Å². The number of hydrogen-bond acceptors (Lipinski definition) is 4. The van der Waals surface area contributed by atoms with Gasteiger partial charge in [0.25, 0.3) is 11.8 Å². The minimum Gasteiger partial charge on any atom is -0.451 e. The average Bonchev–Trinajstić information content (AvgIpc) is 3.21. The van der Waals surface area contributed by atoms with Gasteiger partial charge in [0.05, 0.1) is 11.6 Å². The zero-order valence-electron chi connectivity index (χ0n) is 15.9. The van der Waals surface area contributed by atoms with Crippen molar-refractivity contribution >= 4 is 22.8 Å². The maximum absolute atomic E-state index is 12.7. The van der Waals surface area contributed by atoms with Gasteiger partial charge in [0.1, 0.15) is 5.58 Å². The van der Waals surface area contributed by atoms with E-state index in [4.69, 9.17) is 9.68 Å². The van der Waals surface area contributed by atoms with Crippen LogP contribution in [-0.4, -0.2) is 36.3 Å². The number of para-hydroxylation sites is 1. The van der Waals surface area contributed by atoms with Crippen molar-refractivity contribution in [2.75, 3.05) is 19.6 Å². The summed E-state index contributed by atoms with van der Waals surface area (Å²) >= 11 is 0. The maximum Gasteiger partial charge on any atom is 0.289 e. The monoisotopic (exact) mass is 387 g/mol. The van der Waals surface area contributed by atoms with Gasteiger partial charge in [-0.3, -0.25) is 9.59 Å². The Labute approximate surface area is 168 Å². The second-order valence-corrected chi connectivity index (χ2v) is 7.29. The number of nitriles is 1. The van der Waals surface area contributed by atoms with Gasteiger partial charge in [-0.1, -0.05) is 24.3 Å². The molecule has 0 saturated carbocycles. The van der Waals surface area contributed by atoms with E-state index >= 15 is 0 Å². The molecule has 1 aromatic heterocycles. The Morgan fingerprint density at radius 2 is 1.90 bits per heavy atom. The lowest BCUT2D eigenvalue weighted by Gasteiger charge is -2.31. The number of likely N-dealkylation sites (tertiary alicyclic amines) is 1. The first-order valence-corrected chi connectivity index (χ1v) is 9.70. The SMILES string of the molecule is N#Cc1cccc(C(=O)NCC2CCN(C(=O)c3cc4ccccc4o3)CC2)c1. The molecule has 1 aliphatic rings. The van der Waals surface area contributed by atoms with Gasteiger partial charge in [0.15, 0.2) is 5.76 Å². The van der Waals surface area contributed by atoms with Crippen LogP contribution in [0.5, 0.6) is 0 Å². The summed E-state index contributed by atoms with van der Waals surface area (Å²) in [5, 5.41) is 12.8. The highest BCUT2D eigenvalue weighted by molar-refractivity contribution is 5.96. The number of amides is 2. The molecule has 6 nitrogen and oxygen atoms in total. The lowest BCUT2D eigenvalue weighted by Crippen LogP contribution is -2.41. The van der Waals surface area contributed by atoms with Gasteiger partial charge in [-0.2, -0.15) is 5.26 Å². The Balaban J connectivity index is 1.29. The van der Waals surface area contributed by atoms with Crippen LogP contribution in [0.25, 0.3) is 11.0 Å². The van der Waals surface area contributed by atoms with Crippen molar-refractivity contribution in [2.24, 2.45) is 5.92 Å². The molecule has 0 spiro atoms. The normalized spacial score (nSPS) is 14.5. The molecule has 0 radical (unpaired) electrons. The van der Waals surface area contributed by atoms with Crippen LogP contribution in [0.3, 0.4) is 0 Å². The molecule has 0 unspecified atom stereocenters. The van der Waals surface area contributed by atoms with Crippen LogP contribution in [0.1, 0.15) is 39.3 Å². The van der Waals surface area contributed by atoms with Crippen LogP contribution in [-0.2, 0) is 0 Å². The number of hydrogen-bond donors (Lipinski definition) is 1. The molecule has 0 atom stereocenters. The van der Waals surface area contributed by atoms with Gasteiger partial charge in [-0.15, -0.1) is 0 Å². The minimum absolute atomic E-state index is 0.0861. The molecule has 0 aliphatic carbocycles. The summed E-state index contributed by atoms with van der Waals surface area (Å²) in [7, 11) is 0. The molecule has 146 valence electrons. The molecule has 6 heteroatoms. The quantitative estimate of drug-likeness (QED) is 0.741. The van der Waals surface area contributed by atoms with Gasteiger partial charge in [0.2, 0.25) is 0 Å². The highest BCUT2D eigenvalue weighted by Crippen LogP contribution is 2.23. The van der Waals surface area contributed by atoms with Crippen LogP contribution in [0, 0.1) is 17.2 Å². The summed E-state index contributed by atoms with van der Waals surface area (Å²) in [4.78, 5) is 26.8. The second-order valence-electron chi connectivity index (χ2n) is 7.29. The van der Waals surface area contributed by atoms with E-state index in [0.717, 1.165) is 18.2 Å². The van der Waals surface area contributed by atoms with Gasteiger partial charge in [-0.25, -0.2) is 0 Å². The predicted molar refractivity (Wildman–Crippen MR) is 108 cm³/mol. The van der Waals surface area contributed by atoms with E-state index in [-0.39, 0.29) is 11.8 Å². The molecule has 3 aromatic rings. The van der Waals surface area contributed by atoms with E-state index < -0.39 is 0 Å². The Kier molecular flexibility index (Phi) is 5.30. The van der Waals surface area contributed by atoms with E-state index in [1.54, 1.807) is 30.3 Å². The number of piperidine rings is 1. The number of fused-ring (bicyclic) bond motifs is 1. The third-order valence-corrected chi connectivity index (χ3v) is 5.34. The third kappa shape index (κ3) is 4.14. The largest absolute Gasteiger partial charge is 0.451 e. The second kappa shape index (κ2) is 8.19. The summed E-state index contributed by atoms with van der Waals surface area (Å²) in [5.74, 6) is 0.424. The highest BCUT2D eigenvalue weighted by Gasteiger charge is 2.26. The van der Waals surface area contributed by atoms with E-state index in [1.807, 2.05) is 35.2 Å². The first kappa shape index (κ1) is 18.8. The number of carbonyl (C=O) groups is 2. The minimum atomic E-state index is -0.178. The zero-order chi connectivity index (χ0) is 20.2. The molecule has 1 saturated heterocycles. The van der Waals surface area contributed by atoms with Crippen molar-refractivity contribution in [3.05, 3.63) is 71.5 Å². The highest BCUT2D eigenvalue weighted by atomic mass is 16.3. The molecule has 4 rings (SSSR count). The van der Waals surface area contributed by atoms with E-state index in [1.165, 1.54) is 0 Å². The fourth-order valence-corrected chi connectivity index (χ4v) is 3.65. The molecule has 1 aliphatic heterocycles. The van der Waals surface area contributed by atoms with E-state index in [0.29, 0.717) is 48.0 Å². The summed E-state index contributed by atoms with van der Waals surface area (Å²) < 4.78 is 5.69. The topological polar surface area (TPSA) is 86.3 Å². The number of nitrogens with zero attached hydrogens (tertiary/aromatic N) is 2. The van der Waals surface area contributed by atoms with Gasteiger partial charge in [-0.05, 0) is 49.1 Å². The Morgan fingerprint density at radius 1 is 1.10 bits per heavy atom. The maximum atomic E-state index is 12.7. The molecule has 2 amide bonds. The molecule has 29 heavy (non-hydrogen) atoms. The smallest absolute Gasteiger partial charge is 0.289 e. The molecule has 0 bridgehead atoms. The third-order valence-electron chi connectivity index (χ3n) is 5.34. The number of benzene rings is 2. The van der Waals surface area contributed by atoms with Gasteiger partial charge < -0.3 is 14.6 Å². The van der Waals surface area contributed by atoms with Crippen LogP contribution >= 0.6 is 0 Å². The lowest BCUT2D eigenvalue weighted by atomic mass is 9.96. The first-order valence-electron chi connectivity index (χ1n) is 9.70. The predicted octanol–water partition coefficient (Wildman–Crippen LogP) is 3.59. The standard InChI is InChI=1S/C23H21N3O3/c24-14-17-4-3-6-19(12-17)22(27)25-15-16-8-10-26(11-9-16)23(28)21-13-18-5-1-2-7-20(18)29-21/h1-7,12-13,16H,8-11,15H2,(H,25,27). The lowest BCUT2D eigenvalue weighted by molar-refractivity contribution is 0.0655. The number of rotatable bonds is 4. The van der Waals surface area contributed by atoms with E-state index in [2.05, 4.69) is 5.32 Å². The van der Waals surface area contributed by atoms with Gasteiger partial charge >= 0.3 is 0 Å². The fourth-order valence-electron chi connectivity index (χ4n) is 3.65. The molecular weight excluding hydrogens is 366 g/mol. The summed E-state index contributed by atoms with van der Waals surface area (Å²) in [5.41, 5.74) is 1.67. The van der Waals surface area contributed by atoms with Crippen molar-refractivity contribution in [1.29, 1.82) is 5.26 Å². The average molecular weight is 387 g/mol. The van der Waals surface area contributed by atoms with Crippen molar-refractivity contribution in [3.63, 3.8) is 0 Å². The summed E-state index contributed by atoms with van der Waals surface area (Å²) in [6.45, 7) is 1.84. The molecule has 2 heterocycles. The van der Waals surface area contributed by atoms with Crippen LogP contribution < -0.4 is 5.32 Å². The molecular formula is C23H21N3O3. The zero-order valence-corrected chi connectivity index (χ0v) is 15.9. The van der Waals surface area contributed by atoms with Crippen molar-refractivity contribution in [2.45, 2.75) is 12.8 Å². The van der Waals surface area contributed by atoms with E-state index in [9.17, 15) is 9.59 Å². The number of furan rings is 1. The molecule has 2 aromatic carbocycles. The Bertz CT molecular complexity index is 1050. The summed E-state index contributed by atoms with van der Waals surface area (Å²) in [6.07, 6.45) is 1.65. The van der Waals surface area contributed by atoms with Crippen molar-refractivity contribution in [1.82, 2.24) is 10.2 Å². The number of carbonyl (C=O) groups excluding carboxylic acids is 2. The van der Waals surface area contributed by atoms with Crippen molar-refractivity contribution < 1.29 is 14.0 Å². The molecule has 1 N–H and O–H groups in total. The van der Waals surface area contributed by atoms with Crippen LogP contribution in [0.15, 0.2) is 59.0 Å². The van der Waals surface area contributed by atoms with Crippen LogP contribution in [0.2, 0.25) is 0 Å². The first-order chi connectivity index (χ1) is 14.1. The molecule has 1 fully saturated rings. The Hall–Kier alpha value is -3.59. The number of nitrogens with one attached hydrogen (secondary N) is 1.